The fourth-order valence-electron chi connectivity index (χ4n) is 7.36. The molecular weight excluding hydrogens is 320 g/mol. The van der Waals surface area contributed by atoms with Crippen molar-refractivity contribution in [3.05, 3.63) is 0 Å². The lowest BCUT2D eigenvalue weighted by atomic mass is 9.52. The summed E-state index contributed by atoms with van der Waals surface area (Å²) in [5, 5.41) is 0. The Morgan fingerprint density at radius 3 is 2.50 bits per heavy atom. The van der Waals surface area contributed by atoms with Crippen molar-refractivity contribution >= 4 is 5.78 Å². The highest BCUT2D eigenvalue weighted by Crippen LogP contribution is 2.58. The molecule has 3 aliphatic carbocycles. The lowest BCUT2D eigenvalue weighted by Crippen LogP contribution is -2.44. The highest BCUT2D eigenvalue weighted by Gasteiger charge is 2.53. The Hall–Kier alpha value is -0.370. The van der Waals surface area contributed by atoms with Gasteiger partial charge in [-0.3, -0.25) is 4.79 Å². The van der Waals surface area contributed by atoms with Gasteiger partial charge in [0.1, 0.15) is 5.78 Å². The summed E-state index contributed by atoms with van der Waals surface area (Å²) in [6, 6.07) is 0. The molecule has 8 atom stereocenters. The van der Waals surface area contributed by atoms with E-state index in [-0.39, 0.29) is 17.4 Å². The van der Waals surface area contributed by atoms with Crippen LogP contribution in [0.25, 0.3) is 0 Å². The Morgan fingerprint density at radius 2 is 1.85 bits per heavy atom. The van der Waals surface area contributed by atoms with Gasteiger partial charge in [-0.15, -0.1) is 0 Å². The summed E-state index contributed by atoms with van der Waals surface area (Å²) in [6.45, 7) is 11.6. The van der Waals surface area contributed by atoms with Crippen LogP contribution in [0, 0.1) is 40.4 Å². The Bertz CT molecular complexity index is 514. The fraction of sp³-hybridized carbons (Fsp3) is 0.958. The van der Waals surface area contributed by atoms with Gasteiger partial charge in [0.2, 0.25) is 0 Å². The molecule has 3 rings (SSSR count). The van der Waals surface area contributed by atoms with Gasteiger partial charge in [0.15, 0.2) is 0 Å². The smallest absolute Gasteiger partial charge is 0.136 e. The maximum Gasteiger partial charge on any atom is 0.136 e. The van der Waals surface area contributed by atoms with E-state index < -0.39 is 0 Å². The molecule has 0 radical (unpaired) electrons. The molecule has 3 fully saturated rings. The molecule has 3 saturated carbocycles. The van der Waals surface area contributed by atoms with Crippen LogP contribution in [0.3, 0.4) is 0 Å². The van der Waals surface area contributed by atoms with Crippen LogP contribution >= 0.6 is 0 Å². The average molecular weight is 363 g/mol. The zero-order chi connectivity index (χ0) is 19.1. The molecule has 0 amide bonds. The van der Waals surface area contributed by atoms with Crippen molar-refractivity contribution in [3.8, 4) is 0 Å². The van der Waals surface area contributed by atoms with E-state index in [9.17, 15) is 4.79 Å². The van der Waals surface area contributed by atoms with Crippen molar-refractivity contribution in [2.45, 2.75) is 98.5 Å². The van der Waals surface area contributed by atoms with Gasteiger partial charge >= 0.3 is 0 Å². The molecule has 2 heteroatoms. The largest absolute Gasteiger partial charge is 0.381 e. The van der Waals surface area contributed by atoms with Crippen LogP contribution < -0.4 is 0 Å². The SMILES string of the molecule is COC1CC(C)C(C)(CCC2CCCC3CC(C)CCC23C)C1C(C)=O. The van der Waals surface area contributed by atoms with Gasteiger partial charge in [0.25, 0.3) is 0 Å². The van der Waals surface area contributed by atoms with Crippen molar-refractivity contribution in [1.82, 2.24) is 0 Å². The van der Waals surface area contributed by atoms with Crippen LogP contribution in [0.2, 0.25) is 0 Å². The van der Waals surface area contributed by atoms with Crippen LogP contribution in [-0.2, 0) is 9.53 Å². The van der Waals surface area contributed by atoms with Crippen molar-refractivity contribution < 1.29 is 9.53 Å². The maximum absolute atomic E-state index is 12.5. The Morgan fingerprint density at radius 1 is 1.12 bits per heavy atom. The van der Waals surface area contributed by atoms with Crippen LogP contribution in [-0.4, -0.2) is 19.0 Å². The maximum atomic E-state index is 12.5. The second-order valence-electron chi connectivity index (χ2n) is 10.8. The summed E-state index contributed by atoms with van der Waals surface area (Å²) >= 11 is 0. The fourth-order valence-corrected chi connectivity index (χ4v) is 7.36. The summed E-state index contributed by atoms with van der Waals surface area (Å²) in [6.07, 6.45) is 12.2. The Kier molecular flexibility index (Phi) is 5.93. The van der Waals surface area contributed by atoms with Gasteiger partial charge < -0.3 is 4.74 Å². The van der Waals surface area contributed by atoms with E-state index in [2.05, 4.69) is 27.7 Å². The van der Waals surface area contributed by atoms with E-state index in [1.165, 1.54) is 51.4 Å². The van der Waals surface area contributed by atoms with Gasteiger partial charge in [0.05, 0.1) is 6.10 Å². The third-order valence-electron chi connectivity index (χ3n) is 9.40. The highest BCUT2D eigenvalue weighted by atomic mass is 16.5. The number of ether oxygens (including phenoxy) is 1. The number of fused-ring (bicyclic) bond motifs is 1. The van der Waals surface area contributed by atoms with Crippen LogP contribution in [0.5, 0.6) is 0 Å². The van der Waals surface area contributed by atoms with Crippen LogP contribution in [0.15, 0.2) is 0 Å². The molecular formula is C24H42O2. The molecule has 0 bridgehead atoms. The zero-order valence-electron chi connectivity index (χ0n) is 18.1. The molecule has 2 nitrogen and oxygen atoms in total. The third kappa shape index (κ3) is 3.40. The van der Waals surface area contributed by atoms with Gasteiger partial charge in [0, 0.05) is 13.0 Å². The molecule has 0 aliphatic heterocycles. The topological polar surface area (TPSA) is 26.3 Å². The van der Waals surface area contributed by atoms with E-state index in [0.717, 1.165) is 24.2 Å². The molecule has 3 aliphatic rings. The average Bonchev–Trinajstić information content (AvgIpc) is 2.85. The number of Topliss-reactive ketones (excluding diaryl/α,β-unsaturated/α-hetero) is 1. The molecule has 0 aromatic heterocycles. The first kappa shape index (κ1) is 20.4. The van der Waals surface area contributed by atoms with Gasteiger partial charge in [-0.25, -0.2) is 0 Å². The first-order valence-electron chi connectivity index (χ1n) is 11.3. The van der Waals surface area contributed by atoms with E-state index in [1.54, 1.807) is 14.0 Å². The summed E-state index contributed by atoms with van der Waals surface area (Å²) in [7, 11) is 1.79. The number of hydrogen-bond donors (Lipinski definition) is 0. The third-order valence-corrected chi connectivity index (χ3v) is 9.40. The zero-order valence-corrected chi connectivity index (χ0v) is 18.1. The van der Waals surface area contributed by atoms with Gasteiger partial charge in [-0.1, -0.05) is 40.5 Å². The monoisotopic (exact) mass is 362 g/mol. The first-order valence-corrected chi connectivity index (χ1v) is 11.3. The molecule has 0 N–H and O–H groups in total. The van der Waals surface area contributed by atoms with E-state index >= 15 is 0 Å². The molecule has 0 heterocycles. The minimum atomic E-state index is 0.0843. The minimum absolute atomic E-state index is 0.0843. The standard InChI is InChI=1S/C24H42O2/c1-16-10-12-24(5)19(8-7-9-20(24)14-16)11-13-23(4)17(2)15-21(26-6)22(23)18(3)25/h16-17,19-22H,7-15H2,1-6H3. The van der Waals surface area contributed by atoms with Crippen molar-refractivity contribution in [1.29, 1.82) is 0 Å². The Labute approximate surface area is 161 Å². The summed E-state index contributed by atoms with van der Waals surface area (Å²) < 4.78 is 5.74. The highest BCUT2D eigenvalue weighted by molar-refractivity contribution is 5.80. The van der Waals surface area contributed by atoms with Crippen molar-refractivity contribution in [2.75, 3.05) is 7.11 Å². The lowest BCUT2D eigenvalue weighted by Gasteiger charge is -2.53. The second kappa shape index (κ2) is 7.57. The second-order valence-corrected chi connectivity index (χ2v) is 10.8. The van der Waals surface area contributed by atoms with Crippen molar-refractivity contribution in [3.63, 3.8) is 0 Å². The van der Waals surface area contributed by atoms with E-state index in [1.807, 2.05) is 0 Å². The molecule has 26 heavy (non-hydrogen) atoms. The van der Waals surface area contributed by atoms with Crippen molar-refractivity contribution in [2.24, 2.45) is 40.4 Å². The number of carbonyl (C=O) groups is 1. The van der Waals surface area contributed by atoms with E-state index in [4.69, 9.17) is 4.74 Å². The predicted octanol–water partition coefficient (Wildman–Crippen LogP) is 6.28. The lowest BCUT2D eigenvalue weighted by molar-refractivity contribution is -0.129. The molecule has 150 valence electrons. The normalized spacial score (nSPS) is 49.0. The molecule has 8 unspecified atom stereocenters. The summed E-state index contributed by atoms with van der Waals surface area (Å²) in [5.74, 6) is 3.70. The van der Waals surface area contributed by atoms with Gasteiger partial charge in [-0.2, -0.15) is 0 Å². The molecule has 0 saturated heterocycles. The number of rotatable bonds is 5. The molecule has 0 aromatic carbocycles. The quantitative estimate of drug-likeness (QED) is 0.575. The predicted molar refractivity (Wildman–Crippen MR) is 108 cm³/mol. The minimum Gasteiger partial charge on any atom is -0.381 e. The number of ketones is 1. The van der Waals surface area contributed by atoms with Crippen LogP contribution in [0.4, 0.5) is 0 Å². The summed E-state index contributed by atoms with van der Waals surface area (Å²) in [5.41, 5.74) is 0.660. The Balaban J connectivity index is 1.73. The van der Waals surface area contributed by atoms with E-state index in [0.29, 0.717) is 17.1 Å². The van der Waals surface area contributed by atoms with Crippen LogP contribution in [0.1, 0.15) is 92.4 Å². The van der Waals surface area contributed by atoms with Gasteiger partial charge in [-0.05, 0) is 86.4 Å². The molecule has 0 spiro atoms. The summed E-state index contributed by atoms with van der Waals surface area (Å²) in [4.78, 5) is 12.5. The number of methoxy groups -OCH3 is 1. The number of hydrogen-bond acceptors (Lipinski definition) is 2. The molecule has 0 aromatic rings. The first-order chi connectivity index (χ1) is 12.2. The number of carbonyl (C=O) groups excluding carboxylic acids is 1.